The Kier molecular flexibility index (Phi) is 5.61. The molecule has 0 bridgehead atoms. The molecular weight excluding hydrogens is 382 g/mol. The minimum atomic E-state index is -0.441. The quantitative estimate of drug-likeness (QED) is 0.624. The maximum Gasteiger partial charge on any atom is 0.414 e. The topological polar surface area (TPSA) is 88.6 Å². The summed E-state index contributed by atoms with van der Waals surface area (Å²) in [5.41, 5.74) is 4.06. The number of cyclic esters (lactones) is 1. The van der Waals surface area contributed by atoms with Gasteiger partial charge in [0, 0.05) is 36.1 Å². The molecule has 30 heavy (non-hydrogen) atoms. The van der Waals surface area contributed by atoms with E-state index in [1.54, 1.807) is 29.4 Å². The first-order valence-electron chi connectivity index (χ1n) is 10.0. The van der Waals surface area contributed by atoms with E-state index in [1.807, 2.05) is 24.3 Å². The van der Waals surface area contributed by atoms with Gasteiger partial charge in [-0.2, -0.15) is 0 Å². The second-order valence-electron chi connectivity index (χ2n) is 7.53. The monoisotopic (exact) mass is 405 g/mol. The lowest BCUT2D eigenvalue weighted by atomic mass is 9.98. The lowest BCUT2D eigenvalue weighted by molar-refractivity contribution is -0.119. The maximum absolute atomic E-state index is 13.1. The van der Waals surface area contributed by atoms with Crippen LogP contribution in [0.1, 0.15) is 41.3 Å². The number of Topliss-reactive ketones (excluding diaryl/α,β-unsaturated/α-hetero) is 1. The van der Waals surface area contributed by atoms with Gasteiger partial charge in [-0.1, -0.05) is 0 Å². The Bertz CT molecular complexity index is 1020. The number of nitrogens with zero attached hydrogens (tertiary/aromatic N) is 2. The van der Waals surface area contributed by atoms with Crippen LogP contribution < -0.4 is 10.2 Å². The van der Waals surface area contributed by atoms with Crippen LogP contribution in [-0.4, -0.2) is 42.0 Å². The Hall–Kier alpha value is -3.48. The van der Waals surface area contributed by atoms with Crippen LogP contribution in [0.2, 0.25) is 0 Å². The number of allylic oxidation sites excluding steroid dienone is 1. The fraction of sp³-hybridized carbons (Fsp3) is 0.304. The zero-order valence-electron chi connectivity index (χ0n) is 16.8. The summed E-state index contributed by atoms with van der Waals surface area (Å²) in [6, 6.07) is 9.25. The lowest BCUT2D eigenvalue weighted by Crippen LogP contribution is -2.33. The summed E-state index contributed by atoms with van der Waals surface area (Å²) in [7, 11) is 0. The van der Waals surface area contributed by atoms with E-state index in [4.69, 9.17) is 4.74 Å². The zero-order chi connectivity index (χ0) is 21.1. The van der Waals surface area contributed by atoms with Gasteiger partial charge in [0.2, 0.25) is 5.91 Å². The Balaban J connectivity index is 1.55. The van der Waals surface area contributed by atoms with Gasteiger partial charge < -0.3 is 10.1 Å². The largest absolute Gasteiger partial charge is 0.442 e. The van der Waals surface area contributed by atoms with Gasteiger partial charge in [0.1, 0.15) is 6.10 Å². The molecule has 2 heterocycles. The molecule has 4 rings (SSSR count). The van der Waals surface area contributed by atoms with Crippen molar-refractivity contribution in [2.75, 3.05) is 18.0 Å². The molecule has 2 aliphatic rings. The first-order chi connectivity index (χ1) is 14.5. The van der Waals surface area contributed by atoms with E-state index in [2.05, 4.69) is 10.3 Å². The summed E-state index contributed by atoms with van der Waals surface area (Å²) >= 11 is 0. The highest BCUT2D eigenvalue weighted by atomic mass is 16.6. The SMILES string of the molecule is CC(=O)NC[C@H]1CN(c2ccc3c(c2)CCCC(=Cc2ccncc2)C3=O)C(=O)O1. The Morgan fingerprint density at radius 1 is 1.23 bits per heavy atom. The molecule has 1 saturated heterocycles. The molecule has 0 saturated carbocycles. The van der Waals surface area contributed by atoms with E-state index in [0.29, 0.717) is 24.2 Å². The molecule has 1 aliphatic carbocycles. The number of hydrogen-bond donors (Lipinski definition) is 1. The predicted molar refractivity (Wildman–Crippen MR) is 112 cm³/mol. The minimum absolute atomic E-state index is 0.0263. The standard InChI is InChI=1S/C23H23N3O4/c1-15(27)25-13-20-14-26(23(29)30-20)19-5-6-21-17(12-19)3-2-4-18(22(21)28)11-16-7-9-24-10-8-16/h5-12,20H,2-4,13-14H2,1H3,(H,25,27)/t20-/m0/s1. The van der Waals surface area contributed by atoms with Crippen molar-refractivity contribution in [2.24, 2.45) is 0 Å². The number of anilines is 1. The van der Waals surface area contributed by atoms with Gasteiger partial charge in [-0.05, 0) is 66.8 Å². The van der Waals surface area contributed by atoms with Gasteiger partial charge in [0.05, 0.1) is 13.1 Å². The number of rotatable bonds is 4. The van der Waals surface area contributed by atoms with E-state index >= 15 is 0 Å². The third-order valence-electron chi connectivity index (χ3n) is 5.33. The van der Waals surface area contributed by atoms with Crippen molar-refractivity contribution < 1.29 is 19.1 Å². The molecule has 0 spiro atoms. The Morgan fingerprint density at radius 2 is 2.03 bits per heavy atom. The van der Waals surface area contributed by atoms with Crippen molar-refractivity contribution in [2.45, 2.75) is 32.3 Å². The highest BCUT2D eigenvalue weighted by Gasteiger charge is 2.33. The molecule has 154 valence electrons. The summed E-state index contributed by atoms with van der Waals surface area (Å²) in [5.74, 6) is -0.137. The van der Waals surface area contributed by atoms with Crippen LogP contribution in [0, 0.1) is 0 Å². The average molecular weight is 405 g/mol. The van der Waals surface area contributed by atoms with Crippen LogP contribution in [-0.2, 0) is 16.0 Å². The molecule has 0 radical (unpaired) electrons. The lowest BCUT2D eigenvalue weighted by Gasteiger charge is -2.15. The fourth-order valence-corrected chi connectivity index (χ4v) is 3.83. The molecular formula is C23H23N3O4. The molecule has 1 fully saturated rings. The number of aromatic nitrogens is 1. The second-order valence-corrected chi connectivity index (χ2v) is 7.53. The first-order valence-corrected chi connectivity index (χ1v) is 10.0. The number of ether oxygens (including phenoxy) is 1. The number of benzene rings is 1. The van der Waals surface area contributed by atoms with Crippen molar-refractivity contribution in [1.29, 1.82) is 0 Å². The van der Waals surface area contributed by atoms with Gasteiger partial charge in [-0.15, -0.1) is 0 Å². The number of carbonyl (C=O) groups excluding carboxylic acids is 3. The van der Waals surface area contributed by atoms with Crippen molar-refractivity contribution in [1.82, 2.24) is 10.3 Å². The first kappa shape index (κ1) is 19.8. The number of hydrogen-bond acceptors (Lipinski definition) is 5. The number of aryl methyl sites for hydroxylation is 1. The number of pyridine rings is 1. The van der Waals surface area contributed by atoms with Crippen LogP contribution in [0.25, 0.3) is 6.08 Å². The number of amides is 2. The summed E-state index contributed by atoms with van der Waals surface area (Å²) in [6.45, 7) is 2.07. The number of fused-ring (bicyclic) bond motifs is 1. The normalized spacial score (nSPS) is 20.0. The zero-order valence-corrected chi connectivity index (χ0v) is 16.8. The van der Waals surface area contributed by atoms with Crippen molar-refractivity contribution >= 4 is 29.5 Å². The number of ketones is 1. The van der Waals surface area contributed by atoms with Gasteiger partial charge >= 0.3 is 6.09 Å². The van der Waals surface area contributed by atoms with Crippen LogP contribution in [0.4, 0.5) is 10.5 Å². The van der Waals surface area contributed by atoms with E-state index in [1.165, 1.54) is 6.92 Å². The van der Waals surface area contributed by atoms with Crippen molar-refractivity contribution in [3.63, 3.8) is 0 Å². The molecule has 1 atom stereocenters. The van der Waals surface area contributed by atoms with Crippen LogP contribution >= 0.6 is 0 Å². The summed E-state index contributed by atoms with van der Waals surface area (Å²) in [4.78, 5) is 42.1. The van der Waals surface area contributed by atoms with E-state index in [-0.39, 0.29) is 18.2 Å². The number of carbonyl (C=O) groups is 3. The molecule has 1 aliphatic heterocycles. The highest BCUT2D eigenvalue weighted by Crippen LogP contribution is 2.30. The molecule has 0 unspecified atom stereocenters. The van der Waals surface area contributed by atoms with E-state index in [0.717, 1.165) is 29.5 Å². The summed E-state index contributed by atoms with van der Waals surface area (Å²) in [6.07, 6.45) is 6.84. The maximum atomic E-state index is 13.1. The van der Waals surface area contributed by atoms with Crippen molar-refractivity contribution in [3.8, 4) is 0 Å². The van der Waals surface area contributed by atoms with Crippen LogP contribution in [0.5, 0.6) is 0 Å². The molecule has 2 aromatic rings. The van der Waals surface area contributed by atoms with Gasteiger partial charge in [-0.3, -0.25) is 19.5 Å². The molecule has 1 N–H and O–H groups in total. The van der Waals surface area contributed by atoms with Gasteiger partial charge in [-0.25, -0.2) is 4.79 Å². The third kappa shape index (κ3) is 4.25. The second kappa shape index (κ2) is 8.49. The van der Waals surface area contributed by atoms with Gasteiger partial charge in [0.15, 0.2) is 5.78 Å². The summed E-state index contributed by atoms with van der Waals surface area (Å²) < 4.78 is 5.34. The molecule has 7 nitrogen and oxygen atoms in total. The van der Waals surface area contributed by atoms with Gasteiger partial charge in [0.25, 0.3) is 0 Å². The predicted octanol–water partition coefficient (Wildman–Crippen LogP) is 3.15. The molecule has 7 heteroatoms. The van der Waals surface area contributed by atoms with E-state index < -0.39 is 12.2 Å². The van der Waals surface area contributed by atoms with E-state index in [9.17, 15) is 14.4 Å². The smallest absolute Gasteiger partial charge is 0.414 e. The molecule has 1 aromatic heterocycles. The summed E-state index contributed by atoms with van der Waals surface area (Å²) in [5, 5.41) is 2.67. The minimum Gasteiger partial charge on any atom is -0.442 e. The Labute approximate surface area is 174 Å². The number of nitrogens with one attached hydrogen (secondary N) is 1. The van der Waals surface area contributed by atoms with Crippen molar-refractivity contribution in [3.05, 3.63) is 65.0 Å². The molecule has 1 aromatic carbocycles. The fourth-order valence-electron chi connectivity index (χ4n) is 3.83. The third-order valence-corrected chi connectivity index (χ3v) is 5.33. The van der Waals surface area contributed by atoms with Crippen LogP contribution in [0.3, 0.4) is 0 Å². The molecule has 2 amide bonds. The van der Waals surface area contributed by atoms with Crippen LogP contribution in [0.15, 0.2) is 48.3 Å². The Morgan fingerprint density at radius 3 is 2.80 bits per heavy atom. The highest BCUT2D eigenvalue weighted by molar-refractivity contribution is 6.12. The average Bonchev–Trinajstić information content (AvgIpc) is 3.04.